The molecule has 0 radical (unpaired) electrons. The van der Waals surface area contributed by atoms with Crippen LogP contribution in [-0.4, -0.2) is 53.7 Å². The van der Waals surface area contributed by atoms with Crippen molar-refractivity contribution in [3.63, 3.8) is 0 Å². The smallest absolute Gasteiger partial charge is 0.0942 e. The van der Waals surface area contributed by atoms with Gasteiger partial charge in [0.2, 0.25) is 0 Å². The van der Waals surface area contributed by atoms with Crippen molar-refractivity contribution in [1.29, 1.82) is 0 Å². The molecule has 3 nitrogen and oxygen atoms in total. The summed E-state index contributed by atoms with van der Waals surface area (Å²) in [7, 11) is 2.20. The van der Waals surface area contributed by atoms with E-state index in [1.807, 2.05) is 12.1 Å². The van der Waals surface area contributed by atoms with E-state index in [0.29, 0.717) is 6.04 Å². The van der Waals surface area contributed by atoms with E-state index in [0.717, 1.165) is 25.2 Å². The summed E-state index contributed by atoms with van der Waals surface area (Å²) in [5.74, 6) is 0. The van der Waals surface area contributed by atoms with E-state index in [1.165, 1.54) is 12.0 Å². The standard InChI is InChI=1S/C17H28N2O/c1-5-16-12-19(11-10-18(16)4)14(3)17(20)15-8-6-13(2)7-9-15/h6-9,14,16-17,20H,5,10-12H2,1-4H3. The molecule has 112 valence electrons. The molecule has 0 aromatic heterocycles. The van der Waals surface area contributed by atoms with Crippen molar-refractivity contribution in [1.82, 2.24) is 9.80 Å². The summed E-state index contributed by atoms with van der Waals surface area (Å²) < 4.78 is 0. The van der Waals surface area contributed by atoms with Gasteiger partial charge in [0.15, 0.2) is 0 Å². The Morgan fingerprint density at radius 3 is 2.50 bits per heavy atom. The first-order chi connectivity index (χ1) is 9.52. The average Bonchev–Trinajstić information content (AvgIpc) is 2.47. The van der Waals surface area contributed by atoms with Crippen LogP contribution in [-0.2, 0) is 0 Å². The Balaban J connectivity index is 2.03. The molecule has 3 atom stereocenters. The van der Waals surface area contributed by atoms with E-state index in [-0.39, 0.29) is 6.04 Å². The Morgan fingerprint density at radius 1 is 1.25 bits per heavy atom. The van der Waals surface area contributed by atoms with Crippen LogP contribution in [0.4, 0.5) is 0 Å². The molecule has 0 bridgehead atoms. The normalized spacial score (nSPS) is 24.6. The van der Waals surface area contributed by atoms with Crippen molar-refractivity contribution in [2.75, 3.05) is 26.7 Å². The van der Waals surface area contributed by atoms with E-state index in [4.69, 9.17) is 0 Å². The Labute approximate surface area is 123 Å². The second kappa shape index (κ2) is 6.70. The Hall–Kier alpha value is -0.900. The SMILES string of the molecule is CCC1CN(C(C)C(O)c2ccc(C)cc2)CCN1C. The number of aliphatic hydroxyl groups excluding tert-OH is 1. The maximum atomic E-state index is 10.6. The molecule has 3 unspecified atom stereocenters. The largest absolute Gasteiger partial charge is 0.387 e. The van der Waals surface area contributed by atoms with Crippen LogP contribution in [0.3, 0.4) is 0 Å². The number of benzene rings is 1. The van der Waals surface area contributed by atoms with Gasteiger partial charge in [-0.05, 0) is 32.9 Å². The zero-order valence-corrected chi connectivity index (χ0v) is 13.2. The van der Waals surface area contributed by atoms with Crippen molar-refractivity contribution < 1.29 is 5.11 Å². The summed E-state index contributed by atoms with van der Waals surface area (Å²) in [6, 6.07) is 9.01. The number of hydrogen-bond acceptors (Lipinski definition) is 3. The molecule has 0 amide bonds. The lowest BCUT2D eigenvalue weighted by atomic mass is 9.99. The Kier molecular flexibility index (Phi) is 5.19. The van der Waals surface area contributed by atoms with Gasteiger partial charge in [0.1, 0.15) is 0 Å². The minimum atomic E-state index is -0.406. The lowest BCUT2D eigenvalue weighted by Gasteiger charge is -2.43. The van der Waals surface area contributed by atoms with Crippen molar-refractivity contribution in [3.8, 4) is 0 Å². The molecule has 0 aliphatic carbocycles. The summed E-state index contributed by atoms with van der Waals surface area (Å²) in [6.07, 6.45) is 0.761. The Morgan fingerprint density at radius 2 is 1.90 bits per heavy atom. The lowest BCUT2D eigenvalue weighted by molar-refractivity contribution is 0.00894. The van der Waals surface area contributed by atoms with E-state index >= 15 is 0 Å². The second-order valence-electron chi connectivity index (χ2n) is 6.13. The highest BCUT2D eigenvalue weighted by Crippen LogP contribution is 2.23. The molecule has 1 aromatic carbocycles. The molecular formula is C17H28N2O. The summed E-state index contributed by atoms with van der Waals surface area (Å²) in [4.78, 5) is 4.86. The highest BCUT2D eigenvalue weighted by Gasteiger charge is 2.29. The van der Waals surface area contributed by atoms with Gasteiger partial charge in [0.05, 0.1) is 6.10 Å². The number of hydrogen-bond donors (Lipinski definition) is 1. The molecule has 1 aromatic rings. The van der Waals surface area contributed by atoms with Crippen LogP contribution in [0.5, 0.6) is 0 Å². The number of aryl methyl sites for hydroxylation is 1. The van der Waals surface area contributed by atoms with E-state index < -0.39 is 6.10 Å². The number of rotatable bonds is 4. The number of aliphatic hydroxyl groups is 1. The fourth-order valence-electron chi connectivity index (χ4n) is 3.02. The van der Waals surface area contributed by atoms with Gasteiger partial charge in [-0.2, -0.15) is 0 Å². The fourth-order valence-corrected chi connectivity index (χ4v) is 3.02. The highest BCUT2D eigenvalue weighted by molar-refractivity contribution is 5.24. The molecule has 1 saturated heterocycles. The highest BCUT2D eigenvalue weighted by atomic mass is 16.3. The number of nitrogens with zero attached hydrogens (tertiary/aromatic N) is 2. The first-order valence-corrected chi connectivity index (χ1v) is 7.71. The molecule has 1 aliphatic heterocycles. The van der Waals surface area contributed by atoms with Crippen LogP contribution in [0.1, 0.15) is 37.5 Å². The summed E-state index contributed by atoms with van der Waals surface area (Å²) >= 11 is 0. The Bertz CT molecular complexity index is 418. The van der Waals surface area contributed by atoms with Gasteiger partial charge in [0, 0.05) is 31.7 Å². The molecule has 0 spiro atoms. The van der Waals surface area contributed by atoms with E-state index in [2.05, 4.69) is 49.8 Å². The molecule has 20 heavy (non-hydrogen) atoms. The minimum Gasteiger partial charge on any atom is -0.387 e. The quantitative estimate of drug-likeness (QED) is 0.915. The molecule has 1 aliphatic rings. The zero-order chi connectivity index (χ0) is 14.7. The summed E-state index contributed by atoms with van der Waals surface area (Å²) in [5.41, 5.74) is 2.26. The second-order valence-corrected chi connectivity index (χ2v) is 6.13. The van der Waals surface area contributed by atoms with Gasteiger partial charge in [0.25, 0.3) is 0 Å². The first kappa shape index (κ1) is 15.5. The topological polar surface area (TPSA) is 26.7 Å². The molecule has 1 heterocycles. The van der Waals surface area contributed by atoms with Crippen molar-refractivity contribution in [3.05, 3.63) is 35.4 Å². The lowest BCUT2D eigenvalue weighted by Crippen LogP contribution is -2.54. The third-order valence-corrected chi connectivity index (χ3v) is 4.73. The van der Waals surface area contributed by atoms with Crippen molar-refractivity contribution >= 4 is 0 Å². The zero-order valence-electron chi connectivity index (χ0n) is 13.2. The molecule has 2 rings (SSSR count). The predicted octanol–water partition coefficient (Wildman–Crippen LogP) is 2.44. The average molecular weight is 276 g/mol. The minimum absolute atomic E-state index is 0.167. The predicted molar refractivity (Wildman–Crippen MR) is 83.9 cm³/mol. The van der Waals surface area contributed by atoms with Crippen LogP contribution < -0.4 is 0 Å². The maximum absolute atomic E-state index is 10.6. The van der Waals surface area contributed by atoms with Gasteiger partial charge < -0.3 is 10.0 Å². The molecule has 0 saturated carbocycles. The molecule has 3 heteroatoms. The van der Waals surface area contributed by atoms with Crippen LogP contribution in [0, 0.1) is 6.92 Å². The van der Waals surface area contributed by atoms with Gasteiger partial charge in [-0.1, -0.05) is 36.8 Å². The van der Waals surface area contributed by atoms with E-state index in [1.54, 1.807) is 0 Å². The fraction of sp³-hybridized carbons (Fsp3) is 0.647. The van der Waals surface area contributed by atoms with Crippen molar-refractivity contribution in [2.45, 2.75) is 45.4 Å². The van der Waals surface area contributed by atoms with E-state index in [9.17, 15) is 5.11 Å². The molecular weight excluding hydrogens is 248 g/mol. The molecule has 1 fully saturated rings. The monoisotopic (exact) mass is 276 g/mol. The summed E-state index contributed by atoms with van der Waals surface area (Å²) in [6.45, 7) is 9.64. The number of likely N-dealkylation sites (N-methyl/N-ethyl adjacent to an activating group) is 1. The van der Waals surface area contributed by atoms with Gasteiger partial charge in [-0.25, -0.2) is 0 Å². The van der Waals surface area contributed by atoms with Crippen molar-refractivity contribution in [2.24, 2.45) is 0 Å². The van der Waals surface area contributed by atoms with Crippen LogP contribution in [0.25, 0.3) is 0 Å². The molecule has 1 N–H and O–H groups in total. The van der Waals surface area contributed by atoms with Gasteiger partial charge in [-0.15, -0.1) is 0 Å². The van der Waals surface area contributed by atoms with Gasteiger partial charge in [-0.3, -0.25) is 4.90 Å². The van der Waals surface area contributed by atoms with Crippen LogP contribution >= 0.6 is 0 Å². The number of piperazine rings is 1. The maximum Gasteiger partial charge on any atom is 0.0942 e. The van der Waals surface area contributed by atoms with Crippen LogP contribution in [0.2, 0.25) is 0 Å². The summed E-state index contributed by atoms with van der Waals surface area (Å²) in [5, 5.41) is 10.6. The van der Waals surface area contributed by atoms with Crippen LogP contribution in [0.15, 0.2) is 24.3 Å². The van der Waals surface area contributed by atoms with Gasteiger partial charge >= 0.3 is 0 Å². The first-order valence-electron chi connectivity index (χ1n) is 7.71. The third-order valence-electron chi connectivity index (χ3n) is 4.73. The third kappa shape index (κ3) is 3.40.